The highest BCUT2D eigenvalue weighted by Crippen LogP contribution is 2.41. The largest absolute Gasteiger partial charge is 0.365 e. The molecule has 11 heavy (non-hydrogen) atoms. The summed E-state index contributed by atoms with van der Waals surface area (Å²) in [4.78, 5) is 15.3. The van der Waals surface area contributed by atoms with Gasteiger partial charge in [-0.25, -0.2) is 4.98 Å². The summed E-state index contributed by atoms with van der Waals surface area (Å²) in [5.41, 5.74) is 5.08. The molecule has 3 nitrogen and oxygen atoms in total. The lowest BCUT2D eigenvalue weighted by Gasteiger charge is -1.83. The number of hydrogen-bond acceptors (Lipinski definition) is 3. The molecular formula is C7H8N2OS. The first-order chi connectivity index (χ1) is 5.27. The average molecular weight is 168 g/mol. The Balaban J connectivity index is 2.25. The maximum Gasteiger partial charge on any atom is 0.260 e. The van der Waals surface area contributed by atoms with Gasteiger partial charge >= 0.3 is 0 Å². The number of carbonyl (C=O) groups excluding carboxylic acids is 1. The summed E-state index contributed by atoms with van der Waals surface area (Å²) < 4.78 is 0. The first-order valence-corrected chi connectivity index (χ1v) is 4.34. The maximum atomic E-state index is 10.6. The van der Waals surface area contributed by atoms with Gasteiger partial charge in [-0.1, -0.05) is 0 Å². The number of aromatic nitrogens is 1. The van der Waals surface area contributed by atoms with Crippen molar-refractivity contribution in [3.05, 3.63) is 16.1 Å². The summed E-state index contributed by atoms with van der Waals surface area (Å²) in [5.74, 6) is 0.252. The number of amides is 1. The zero-order valence-electron chi connectivity index (χ0n) is 5.91. The van der Waals surface area contributed by atoms with Crippen molar-refractivity contribution in [2.75, 3.05) is 0 Å². The first-order valence-electron chi connectivity index (χ1n) is 3.53. The first kappa shape index (κ1) is 6.79. The molecule has 1 heterocycles. The van der Waals surface area contributed by atoms with Crippen LogP contribution in [-0.4, -0.2) is 10.9 Å². The highest BCUT2D eigenvalue weighted by molar-refractivity contribution is 7.13. The van der Waals surface area contributed by atoms with E-state index in [9.17, 15) is 4.79 Å². The number of nitrogens with two attached hydrogens (primary N) is 1. The highest BCUT2D eigenvalue weighted by Gasteiger charge is 2.27. The molecule has 0 saturated heterocycles. The Kier molecular flexibility index (Phi) is 1.42. The number of hydrogen-bond donors (Lipinski definition) is 1. The van der Waals surface area contributed by atoms with Gasteiger partial charge < -0.3 is 5.73 Å². The van der Waals surface area contributed by atoms with E-state index in [2.05, 4.69) is 4.98 Å². The topological polar surface area (TPSA) is 56.0 Å². The fraction of sp³-hybridized carbons (Fsp3) is 0.429. The maximum absolute atomic E-state index is 10.6. The van der Waals surface area contributed by atoms with E-state index in [4.69, 9.17) is 5.73 Å². The third-order valence-corrected chi connectivity index (χ3v) is 2.87. The molecule has 2 rings (SSSR count). The lowest BCUT2D eigenvalue weighted by atomic mass is 10.5. The van der Waals surface area contributed by atoms with Crippen LogP contribution in [0.4, 0.5) is 0 Å². The molecule has 58 valence electrons. The third kappa shape index (κ3) is 1.26. The van der Waals surface area contributed by atoms with E-state index >= 15 is 0 Å². The van der Waals surface area contributed by atoms with Crippen molar-refractivity contribution in [2.24, 2.45) is 5.73 Å². The van der Waals surface area contributed by atoms with Gasteiger partial charge in [0.1, 0.15) is 4.88 Å². The minimum atomic E-state index is -0.366. The smallest absolute Gasteiger partial charge is 0.260 e. The monoisotopic (exact) mass is 168 g/mol. The minimum absolute atomic E-state index is 0.366. The molecule has 0 radical (unpaired) electrons. The number of thiazole rings is 1. The lowest BCUT2D eigenvalue weighted by molar-refractivity contribution is 0.100. The second kappa shape index (κ2) is 2.30. The highest BCUT2D eigenvalue weighted by atomic mass is 32.1. The minimum Gasteiger partial charge on any atom is -0.365 e. The Labute approximate surface area is 68.2 Å². The lowest BCUT2D eigenvalue weighted by Crippen LogP contribution is -2.08. The Hall–Kier alpha value is -0.900. The van der Waals surface area contributed by atoms with Crippen molar-refractivity contribution in [2.45, 2.75) is 18.8 Å². The molecule has 1 fully saturated rings. The molecule has 4 heteroatoms. The average Bonchev–Trinajstić information content (AvgIpc) is 2.68. The zero-order valence-corrected chi connectivity index (χ0v) is 6.73. The van der Waals surface area contributed by atoms with E-state index in [1.54, 1.807) is 6.20 Å². The number of nitrogens with zero attached hydrogens (tertiary/aromatic N) is 1. The molecule has 0 unspecified atom stereocenters. The molecule has 1 amide bonds. The molecule has 0 bridgehead atoms. The normalized spacial score (nSPS) is 16.7. The van der Waals surface area contributed by atoms with Crippen LogP contribution in [0.25, 0.3) is 0 Å². The second-order valence-corrected chi connectivity index (χ2v) is 3.76. The van der Waals surface area contributed by atoms with Crippen molar-refractivity contribution in [1.29, 1.82) is 0 Å². The quantitative estimate of drug-likeness (QED) is 0.719. The van der Waals surface area contributed by atoms with Crippen LogP contribution in [0.2, 0.25) is 0 Å². The van der Waals surface area contributed by atoms with E-state index in [1.165, 1.54) is 24.2 Å². The standard InChI is InChI=1S/C7H8N2OS/c8-6(10)5-3-9-7(11-5)4-1-2-4/h3-4H,1-2H2,(H2,8,10). The van der Waals surface area contributed by atoms with Gasteiger partial charge in [0.05, 0.1) is 11.2 Å². The van der Waals surface area contributed by atoms with Crippen LogP contribution in [0, 0.1) is 0 Å². The molecule has 1 aliphatic carbocycles. The van der Waals surface area contributed by atoms with Gasteiger partial charge in [0, 0.05) is 5.92 Å². The van der Waals surface area contributed by atoms with E-state index in [-0.39, 0.29) is 5.91 Å². The zero-order chi connectivity index (χ0) is 7.84. The molecule has 2 N–H and O–H groups in total. The summed E-state index contributed by atoms with van der Waals surface area (Å²) >= 11 is 1.43. The summed E-state index contributed by atoms with van der Waals surface area (Å²) in [5, 5.41) is 1.07. The molecule has 0 aromatic carbocycles. The van der Waals surface area contributed by atoms with Crippen molar-refractivity contribution < 1.29 is 4.79 Å². The summed E-state index contributed by atoms with van der Waals surface area (Å²) in [6, 6.07) is 0. The Morgan fingerprint density at radius 2 is 2.45 bits per heavy atom. The van der Waals surface area contributed by atoms with Crippen molar-refractivity contribution in [1.82, 2.24) is 4.98 Å². The van der Waals surface area contributed by atoms with Gasteiger partial charge in [-0.3, -0.25) is 4.79 Å². The molecule has 1 aliphatic rings. The van der Waals surface area contributed by atoms with Crippen LogP contribution in [0.5, 0.6) is 0 Å². The molecule has 1 aromatic heterocycles. The van der Waals surface area contributed by atoms with Crippen molar-refractivity contribution >= 4 is 17.2 Å². The Bertz CT molecular complexity index is 290. The molecular weight excluding hydrogens is 160 g/mol. The van der Waals surface area contributed by atoms with E-state index < -0.39 is 0 Å². The Morgan fingerprint density at radius 3 is 2.91 bits per heavy atom. The predicted octanol–water partition coefficient (Wildman–Crippen LogP) is 1.12. The van der Waals surface area contributed by atoms with Crippen LogP contribution in [0.1, 0.15) is 33.4 Å². The van der Waals surface area contributed by atoms with Gasteiger partial charge in [-0.05, 0) is 12.8 Å². The third-order valence-electron chi connectivity index (χ3n) is 1.69. The summed E-state index contributed by atoms with van der Waals surface area (Å²) in [6.07, 6.45) is 4.00. The second-order valence-electron chi connectivity index (χ2n) is 2.70. The molecule has 1 saturated carbocycles. The van der Waals surface area contributed by atoms with Gasteiger partial charge in [0.2, 0.25) is 0 Å². The number of primary amides is 1. The number of carbonyl (C=O) groups is 1. The van der Waals surface area contributed by atoms with Crippen LogP contribution in [0.3, 0.4) is 0 Å². The molecule has 0 aliphatic heterocycles. The fourth-order valence-corrected chi connectivity index (χ4v) is 1.86. The van der Waals surface area contributed by atoms with Gasteiger partial charge in [0.25, 0.3) is 5.91 Å². The van der Waals surface area contributed by atoms with E-state index in [0.717, 1.165) is 5.01 Å². The predicted molar refractivity (Wildman–Crippen MR) is 42.6 cm³/mol. The van der Waals surface area contributed by atoms with Crippen molar-refractivity contribution in [3.8, 4) is 0 Å². The van der Waals surface area contributed by atoms with Crippen LogP contribution in [0.15, 0.2) is 6.20 Å². The van der Waals surface area contributed by atoms with Crippen LogP contribution >= 0.6 is 11.3 Å². The summed E-state index contributed by atoms with van der Waals surface area (Å²) in [7, 11) is 0. The summed E-state index contributed by atoms with van der Waals surface area (Å²) in [6.45, 7) is 0. The van der Waals surface area contributed by atoms with E-state index in [1.807, 2.05) is 0 Å². The van der Waals surface area contributed by atoms with Crippen LogP contribution in [-0.2, 0) is 0 Å². The fourth-order valence-electron chi connectivity index (χ4n) is 0.921. The van der Waals surface area contributed by atoms with Gasteiger partial charge in [0.15, 0.2) is 0 Å². The molecule has 0 spiro atoms. The van der Waals surface area contributed by atoms with Crippen molar-refractivity contribution in [3.63, 3.8) is 0 Å². The SMILES string of the molecule is NC(=O)c1cnc(C2CC2)s1. The van der Waals surface area contributed by atoms with Gasteiger partial charge in [-0.2, -0.15) is 0 Å². The van der Waals surface area contributed by atoms with Gasteiger partial charge in [-0.15, -0.1) is 11.3 Å². The molecule has 1 aromatic rings. The Morgan fingerprint density at radius 1 is 1.73 bits per heavy atom. The van der Waals surface area contributed by atoms with E-state index in [0.29, 0.717) is 10.8 Å². The number of rotatable bonds is 2. The molecule has 0 atom stereocenters. The van der Waals surface area contributed by atoms with Crippen LogP contribution < -0.4 is 5.73 Å².